The molecule has 0 spiro atoms. The topological polar surface area (TPSA) is 23.5 Å². The van der Waals surface area contributed by atoms with Crippen molar-refractivity contribution in [3.05, 3.63) is 21.9 Å². The van der Waals surface area contributed by atoms with Crippen LogP contribution in [0.3, 0.4) is 0 Å². The van der Waals surface area contributed by atoms with Gasteiger partial charge in [0.2, 0.25) is 0 Å². The minimum atomic E-state index is -0.0595. The molecule has 2 heterocycles. The van der Waals surface area contributed by atoms with Crippen LogP contribution in [0.1, 0.15) is 30.2 Å². The van der Waals surface area contributed by atoms with Gasteiger partial charge in [-0.3, -0.25) is 4.90 Å². The molecule has 3 heteroatoms. The number of thiophene rings is 1. The van der Waals surface area contributed by atoms with Crippen molar-refractivity contribution in [3.63, 3.8) is 0 Å². The zero-order chi connectivity index (χ0) is 12.1. The Bertz CT molecular complexity index is 415. The van der Waals surface area contributed by atoms with Crippen molar-refractivity contribution in [3.8, 4) is 11.8 Å². The van der Waals surface area contributed by atoms with Crippen molar-refractivity contribution in [1.29, 1.82) is 0 Å². The molecule has 2 rings (SSSR count). The normalized spacial score (nSPS) is 20.9. The Balaban J connectivity index is 2.00. The van der Waals surface area contributed by atoms with E-state index < -0.39 is 0 Å². The molecule has 92 valence electrons. The highest BCUT2D eigenvalue weighted by Gasteiger charge is 2.17. The molecule has 2 nitrogen and oxygen atoms in total. The highest BCUT2D eigenvalue weighted by molar-refractivity contribution is 7.10. The Morgan fingerprint density at radius 2 is 2.47 bits per heavy atom. The van der Waals surface area contributed by atoms with Gasteiger partial charge < -0.3 is 5.11 Å². The van der Waals surface area contributed by atoms with Crippen LogP contribution < -0.4 is 0 Å². The predicted molar refractivity (Wildman–Crippen MR) is 72.0 cm³/mol. The zero-order valence-electron chi connectivity index (χ0n) is 10.3. The molecule has 0 bridgehead atoms. The molecule has 1 aromatic rings. The van der Waals surface area contributed by atoms with Crippen LogP contribution >= 0.6 is 11.3 Å². The maximum absolute atomic E-state index is 8.73. The third kappa shape index (κ3) is 3.57. The first kappa shape index (κ1) is 12.6. The highest BCUT2D eigenvalue weighted by Crippen LogP contribution is 2.22. The largest absolute Gasteiger partial charge is 0.384 e. The van der Waals surface area contributed by atoms with Crippen molar-refractivity contribution < 1.29 is 5.11 Å². The quantitative estimate of drug-likeness (QED) is 0.813. The molecule has 1 aromatic heterocycles. The summed E-state index contributed by atoms with van der Waals surface area (Å²) in [7, 11) is 0. The van der Waals surface area contributed by atoms with Crippen LogP contribution in [0, 0.1) is 17.8 Å². The number of hydrogen-bond donors (Lipinski definition) is 1. The van der Waals surface area contributed by atoms with Crippen LogP contribution in [0.4, 0.5) is 0 Å². The van der Waals surface area contributed by atoms with Crippen molar-refractivity contribution in [2.75, 3.05) is 19.7 Å². The molecule has 1 saturated heterocycles. The summed E-state index contributed by atoms with van der Waals surface area (Å²) in [6.07, 6.45) is 2.67. The van der Waals surface area contributed by atoms with Gasteiger partial charge in [-0.1, -0.05) is 18.8 Å². The fourth-order valence-electron chi connectivity index (χ4n) is 2.34. The molecule has 0 saturated carbocycles. The van der Waals surface area contributed by atoms with Crippen LogP contribution in [0.15, 0.2) is 11.4 Å². The molecule has 1 atom stereocenters. The minimum absolute atomic E-state index is 0.0595. The summed E-state index contributed by atoms with van der Waals surface area (Å²) < 4.78 is 0. The molecule has 0 aliphatic carbocycles. The van der Waals surface area contributed by atoms with E-state index in [1.165, 1.54) is 30.8 Å². The first-order valence-electron chi connectivity index (χ1n) is 6.18. The average molecular weight is 249 g/mol. The predicted octanol–water partition coefficient (Wildman–Crippen LogP) is 2.32. The van der Waals surface area contributed by atoms with Gasteiger partial charge in [-0.25, -0.2) is 0 Å². The lowest BCUT2D eigenvalue weighted by molar-refractivity contribution is 0.178. The van der Waals surface area contributed by atoms with E-state index in [4.69, 9.17) is 5.11 Å². The number of aliphatic hydroxyl groups excluding tert-OH is 1. The zero-order valence-corrected chi connectivity index (χ0v) is 11.1. The van der Waals surface area contributed by atoms with Gasteiger partial charge in [-0.15, -0.1) is 11.3 Å². The Morgan fingerprint density at radius 1 is 1.59 bits per heavy atom. The van der Waals surface area contributed by atoms with Crippen molar-refractivity contribution >= 4 is 11.3 Å². The fraction of sp³-hybridized carbons (Fsp3) is 0.571. The van der Waals surface area contributed by atoms with E-state index in [2.05, 4.69) is 35.1 Å². The monoisotopic (exact) mass is 249 g/mol. The molecule has 0 amide bonds. The smallest absolute Gasteiger partial charge is 0.104 e. The molecule has 0 aromatic carbocycles. The van der Waals surface area contributed by atoms with Crippen LogP contribution in [0.25, 0.3) is 0 Å². The maximum atomic E-state index is 8.73. The number of likely N-dealkylation sites (tertiary alicyclic amines) is 1. The standard InChI is InChI=1S/C14H19NOS/c1-12-4-2-7-15(10-12)11-14-13(5-3-8-16)6-9-17-14/h6,9,12,16H,2,4,7-8,10-11H2,1H3. The summed E-state index contributed by atoms with van der Waals surface area (Å²) in [5.74, 6) is 6.57. The van der Waals surface area contributed by atoms with Gasteiger partial charge in [-0.2, -0.15) is 0 Å². The summed E-state index contributed by atoms with van der Waals surface area (Å²) in [4.78, 5) is 3.85. The Hall–Kier alpha value is -0.820. The lowest BCUT2D eigenvalue weighted by atomic mass is 10.0. The van der Waals surface area contributed by atoms with Crippen LogP contribution in [-0.4, -0.2) is 29.7 Å². The highest BCUT2D eigenvalue weighted by atomic mass is 32.1. The van der Waals surface area contributed by atoms with Crippen LogP contribution in [-0.2, 0) is 6.54 Å². The minimum Gasteiger partial charge on any atom is -0.384 e. The fourth-order valence-corrected chi connectivity index (χ4v) is 3.21. The molecule has 1 unspecified atom stereocenters. The number of rotatable bonds is 2. The molecule has 1 fully saturated rings. The number of piperidine rings is 1. The van der Waals surface area contributed by atoms with E-state index in [-0.39, 0.29) is 6.61 Å². The lowest BCUT2D eigenvalue weighted by Gasteiger charge is -2.30. The SMILES string of the molecule is CC1CCCN(Cc2sccc2C#CCO)C1. The third-order valence-corrected chi connectivity index (χ3v) is 4.06. The van der Waals surface area contributed by atoms with E-state index in [1.54, 1.807) is 11.3 Å². The second-order valence-corrected chi connectivity index (χ2v) is 5.70. The lowest BCUT2D eigenvalue weighted by Crippen LogP contribution is -2.33. The number of hydrogen-bond acceptors (Lipinski definition) is 3. The van der Waals surface area contributed by atoms with E-state index in [0.29, 0.717) is 0 Å². The molecular weight excluding hydrogens is 230 g/mol. The Labute approximate surface area is 107 Å². The summed E-state index contributed by atoms with van der Waals surface area (Å²) in [6.45, 7) is 5.68. The van der Waals surface area contributed by atoms with Crippen molar-refractivity contribution in [1.82, 2.24) is 4.90 Å². The summed E-state index contributed by atoms with van der Waals surface area (Å²) in [5.41, 5.74) is 1.09. The van der Waals surface area contributed by atoms with E-state index in [0.717, 1.165) is 18.0 Å². The molecule has 1 aliphatic heterocycles. The van der Waals surface area contributed by atoms with Gasteiger partial charge in [0, 0.05) is 23.5 Å². The second kappa shape index (κ2) is 6.20. The molecular formula is C14H19NOS. The van der Waals surface area contributed by atoms with Crippen LogP contribution in [0.2, 0.25) is 0 Å². The van der Waals surface area contributed by atoms with Gasteiger partial charge in [0.1, 0.15) is 6.61 Å². The summed E-state index contributed by atoms with van der Waals surface area (Å²) >= 11 is 1.77. The molecule has 1 aliphatic rings. The second-order valence-electron chi connectivity index (χ2n) is 4.70. The first-order valence-corrected chi connectivity index (χ1v) is 7.06. The Kier molecular flexibility index (Phi) is 4.61. The van der Waals surface area contributed by atoms with Crippen molar-refractivity contribution in [2.45, 2.75) is 26.3 Å². The van der Waals surface area contributed by atoms with Crippen LogP contribution in [0.5, 0.6) is 0 Å². The van der Waals surface area contributed by atoms with Crippen molar-refractivity contribution in [2.24, 2.45) is 5.92 Å². The number of nitrogens with zero attached hydrogens (tertiary/aromatic N) is 1. The van der Waals surface area contributed by atoms with Gasteiger partial charge >= 0.3 is 0 Å². The molecule has 0 radical (unpaired) electrons. The molecule has 1 N–H and O–H groups in total. The first-order chi connectivity index (χ1) is 8.29. The summed E-state index contributed by atoms with van der Waals surface area (Å²) in [6, 6.07) is 2.05. The van der Waals surface area contributed by atoms with Gasteiger partial charge in [-0.05, 0) is 36.8 Å². The average Bonchev–Trinajstić information content (AvgIpc) is 2.74. The van der Waals surface area contributed by atoms with E-state index in [1.807, 2.05) is 0 Å². The van der Waals surface area contributed by atoms with E-state index in [9.17, 15) is 0 Å². The van der Waals surface area contributed by atoms with E-state index >= 15 is 0 Å². The van der Waals surface area contributed by atoms with Gasteiger partial charge in [0.05, 0.1) is 0 Å². The van der Waals surface area contributed by atoms with Gasteiger partial charge in [0.15, 0.2) is 0 Å². The molecule has 17 heavy (non-hydrogen) atoms. The summed E-state index contributed by atoms with van der Waals surface area (Å²) in [5, 5.41) is 10.8. The maximum Gasteiger partial charge on any atom is 0.104 e. The Morgan fingerprint density at radius 3 is 3.24 bits per heavy atom. The van der Waals surface area contributed by atoms with Gasteiger partial charge in [0.25, 0.3) is 0 Å². The third-order valence-electron chi connectivity index (χ3n) is 3.16. The number of aliphatic hydroxyl groups is 1.